The molecule has 0 unspecified atom stereocenters. The van der Waals surface area contributed by atoms with Crippen molar-refractivity contribution in [1.82, 2.24) is 14.9 Å². The summed E-state index contributed by atoms with van der Waals surface area (Å²) in [5.74, 6) is 0.0916. The lowest BCUT2D eigenvalue weighted by atomic mass is 10.00. The van der Waals surface area contributed by atoms with Crippen molar-refractivity contribution in [1.29, 1.82) is 0 Å². The summed E-state index contributed by atoms with van der Waals surface area (Å²) in [5, 5.41) is 16.9. The van der Waals surface area contributed by atoms with Gasteiger partial charge in [0.1, 0.15) is 11.8 Å². The topological polar surface area (TPSA) is 82.4 Å². The zero-order valence-corrected chi connectivity index (χ0v) is 21.7. The normalized spacial score (nSPS) is 17.2. The molecule has 1 fully saturated rings. The second-order valence-electron chi connectivity index (χ2n) is 9.46. The first-order chi connectivity index (χ1) is 17.8. The molecule has 1 amide bonds. The summed E-state index contributed by atoms with van der Waals surface area (Å²) in [6.45, 7) is 5.73. The van der Waals surface area contributed by atoms with Gasteiger partial charge in [-0.05, 0) is 91.4 Å². The molecule has 1 saturated heterocycles. The summed E-state index contributed by atoms with van der Waals surface area (Å²) in [4.78, 5) is 19.0. The van der Waals surface area contributed by atoms with Crippen LogP contribution in [-0.2, 0) is 4.79 Å². The summed E-state index contributed by atoms with van der Waals surface area (Å²) in [6, 6.07) is 22.7. The van der Waals surface area contributed by atoms with E-state index in [-0.39, 0.29) is 29.7 Å². The lowest BCUT2D eigenvalue weighted by Crippen LogP contribution is -2.30. The molecule has 0 spiro atoms. The maximum atomic E-state index is 12.3. The van der Waals surface area contributed by atoms with Crippen molar-refractivity contribution in [3.63, 3.8) is 0 Å². The predicted octanol–water partition coefficient (Wildman–Crippen LogP) is 5.66. The Kier molecular flexibility index (Phi) is 6.67. The highest BCUT2D eigenvalue weighted by Gasteiger charge is 2.42. The van der Waals surface area contributed by atoms with Crippen molar-refractivity contribution in [2.24, 2.45) is 5.92 Å². The fourth-order valence-corrected chi connectivity index (χ4v) is 4.98. The number of carbonyl (C=O) groups is 1. The lowest BCUT2D eigenvalue weighted by molar-refractivity contribution is -0.118. The molecule has 2 aromatic heterocycles. The molecule has 0 saturated carbocycles. The minimum Gasteiger partial charge on any atom is -0.508 e. The molecule has 5 rings (SSSR count). The van der Waals surface area contributed by atoms with Gasteiger partial charge in [0, 0.05) is 41.1 Å². The molecule has 4 aromatic rings. The fraction of sp³-hybridized carbons (Fsp3) is 0.207. The molecule has 7 nitrogen and oxygen atoms in total. The average molecular weight is 512 g/mol. The van der Waals surface area contributed by atoms with Gasteiger partial charge in [0.25, 0.3) is 0 Å². The molecule has 2 atom stereocenters. The van der Waals surface area contributed by atoms with Crippen LogP contribution in [0.5, 0.6) is 5.75 Å². The third-order valence-electron chi connectivity index (χ3n) is 6.58. The molecule has 0 bridgehead atoms. The number of hydrogen-bond donors (Lipinski definition) is 3. The monoisotopic (exact) mass is 511 g/mol. The number of nitrogens with one attached hydrogen (secondary N) is 2. The third kappa shape index (κ3) is 4.80. The van der Waals surface area contributed by atoms with E-state index in [1.807, 2.05) is 81.6 Å². The number of amides is 1. The van der Waals surface area contributed by atoms with Crippen molar-refractivity contribution in [3.8, 4) is 11.4 Å². The van der Waals surface area contributed by atoms with E-state index in [0.717, 1.165) is 34.0 Å². The number of aromatic hydroxyl groups is 1. The molecule has 37 heavy (non-hydrogen) atoms. The van der Waals surface area contributed by atoms with Crippen LogP contribution in [-0.4, -0.2) is 25.7 Å². The number of aromatic nitrogens is 2. The number of nitrogens with zero attached hydrogens (tertiary/aromatic N) is 3. The number of pyridine rings is 1. The number of phenolic OH excluding ortho intramolecular Hbond substituents is 1. The number of phenols is 1. The van der Waals surface area contributed by atoms with Crippen LogP contribution in [0.1, 0.15) is 42.9 Å². The van der Waals surface area contributed by atoms with Crippen LogP contribution in [0.15, 0.2) is 85.2 Å². The zero-order valence-electron chi connectivity index (χ0n) is 20.9. The van der Waals surface area contributed by atoms with Crippen molar-refractivity contribution < 1.29 is 9.90 Å². The molecule has 188 valence electrons. The molecule has 8 heteroatoms. The average Bonchev–Trinajstić information content (AvgIpc) is 3.50. The fourth-order valence-electron chi connectivity index (χ4n) is 4.63. The molecule has 3 N–H and O–H groups in total. The van der Waals surface area contributed by atoms with Crippen LogP contribution in [0.3, 0.4) is 0 Å². The predicted molar refractivity (Wildman–Crippen MR) is 150 cm³/mol. The number of benzene rings is 2. The smallest absolute Gasteiger partial charge is 0.226 e. The standard InChI is InChI=1S/C29H29N5O2S/c1-18(2)28(36)31-23-14-11-21(17-19(23)3)34-27(26(32-29(34)37)24-7-4-5-15-30-24)25-8-6-16-33(25)20-9-12-22(35)13-10-20/h4-18,26-27,35H,1-3H3,(H,31,36)(H,32,37)/t26-,27+/m1/s1. The van der Waals surface area contributed by atoms with Gasteiger partial charge in [-0.2, -0.15) is 0 Å². The SMILES string of the molecule is Cc1cc(N2C(=S)N[C@H](c3ccccn3)[C@@H]2c2cccn2-c2ccc(O)cc2)ccc1NC(=O)C(C)C. The molecular weight excluding hydrogens is 482 g/mol. The Hall–Kier alpha value is -4.17. The van der Waals surface area contributed by atoms with Gasteiger partial charge in [0.2, 0.25) is 5.91 Å². The van der Waals surface area contributed by atoms with E-state index in [4.69, 9.17) is 12.2 Å². The maximum absolute atomic E-state index is 12.3. The molecule has 1 aliphatic heterocycles. The first-order valence-electron chi connectivity index (χ1n) is 12.2. The second-order valence-corrected chi connectivity index (χ2v) is 9.85. The highest BCUT2D eigenvalue weighted by molar-refractivity contribution is 7.80. The summed E-state index contributed by atoms with van der Waals surface area (Å²) >= 11 is 5.88. The zero-order chi connectivity index (χ0) is 26.1. The summed E-state index contributed by atoms with van der Waals surface area (Å²) in [7, 11) is 0. The van der Waals surface area contributed by atoms with Gasteiger partial charge in [0.15, 0.2) is 5.11 Å². The van der Waals surface area contributed by atoms with Crippen molar-refractivity contribution in [2.45, 2.75) is 32.9 Å². The van der Waals surface area contributed by atoms with Gasteiger partial charge in [-0.25, -0.2) is 0 Å². The molecule has 0 aliphatic carbocycles. The van der Waals surface area contributed by atoms with Crippen molar-refractivity contribution in [3.05, 3.63) is 102 Å². The van der Waals surface area contributed by atoms with E-state index in [1.54, 1.807) is 18.3 Å². The number of thiocarbonyl (C=S) groups is 1. The minimum atomic E-state index is -0.207. The van der Waals surface area contributed by atoms with Crippen molar-refractivity contribution in [2.75, 3.05) is 10.2 Å². The van der Waals surface area contributed by atoms with Crippen LogP contribution in [0.4, 0.5) is 11.4 Å². The molecule has 3 heterocycles. The maximum Gasteiger partial charge on any atom is 0.226 e. The lowest BCUT2D eigenvalue weighted by Gasteiger charge is -2.29. The Morgan fingerprint density at radius 1 is 1.05 bits per heavy atom. The number of hydrogen-bond acceptors (Lipinski definition) is 4. The van der Waals surface area contributed by atoms with Crippen molar-refractivity contribution >= 4 is 34.6 Å². The number of aryl methyl sites for hydroxylation is 1. The van der Waals surface area contributed by atoms with Gasteiger partial charge in [-0.3, -0.25) is 9.78 Å². The third-order valence-corrected chi connectivity index (χ3v) is 6.89. The Labute approximate surface area is 221 Å². The van der Waals surface area contributed by atoms with E-state index >= 15 is 0 Å². The summed E-state index contributed by atoms with van der Waals surface area (Å²) < 4.78 is 2.10. The van der Waals surface area contributed by atoms with Gasteiger partial charge in [-0.1, -0.05) is 19.9 Å². The minimum absolute atomic E-state index is 0.0194. The number of rotatable bonds is 6. The van der Waals surface area contributed by atoms with Crippen LogP contribution < -0.4 is 15.5 Å². The Morgan fingerprint density at radius 3 is 2.49 bits per heavy atom. The molecule has 0 radical (unpaired) electrons. The van der Waals surface area contributed by atoms with E-state index in [9.17, 15) is 9.90 Å². The van der Waals surface area contributed by atoms with E-state index < -0.39 is 0 Å². The Balaban J connectivity index is 1.59. The van der Waals surface area contributed by atoms with Gasteiger partial charge >= 0.3 is 0 Å². The highest BCUT2D eigenvalue weighted by Crippen LogP contribution is 2.43. The van der Waals surface area contributed by atoms with Crippen LogP contribution in [0.25, 0.3) is 5.69 Å². The molecular formula is C29H29N5O2S. The summed E-state index contributed by atoms with van der Waals surface area (Å²) in [5.41, 5.74) is 5.48. The van der Waals surface area contributed by atoms with E-state index in [0.29, 0.717) is 5.11 Å². The second kappa shape index (κ2) is 10.1. The number of anilines is 2. The first-order valence-corrected chi connectivity index (χ1v) is 12.6. The van der Waals surface area contributed by atoms with E-state index in [2.05, 4.69) is 31.2 Å². The Morgan fingerprint density at radius 2 is 1.81 bits per heavy atom. The summed E-state index contributed by atoms with van der Waals surface area (Å²) in [6.07, 6.45) is 3.79. The Bertz CT molecular complexity index is 1430. The van der Waals surface area contributed by atoms with Crippen LogP contribution in [0.2, 0.25) is 0 Å². The van der Waals surface area contributed by atoms with Crippen LogP contribution in [0, 0.1) is 12.8 Å². The van der Waals surface area contributed by atoms with Gasteiger partial charge < -0.3 is 25.2 Å². The highest BCUT2D eigenvalue weighted by atomic mass is 32.1. The van der Waals surface area contributed by atoms with Gasteiger partial charge in [0.05, 0.1) is 11.7 Å². The molecule has 1 aliphatic rings. The van der Waals surface area contributed by atoms with Crippen LogP contribution >= 0.6 is 12.2 Å². The van der Waals surface area contributed by atoms with Gasteiger partial charge in [-0.15, -0.1) is 0 Å². The largest absolute Gasteiger partial charge is 0.508 e. The first kappa shape index (κ1) is 24.5. The molecule has 2 aromatic carbocycles. The van der Waals surface area contributed by atoms with E-state index in [1.165, 1.54) is 0 Å². The quantitative estimate of drug-likeness (QED) is 0.290. The number of carbonyl (C=O) groups excluding carboxylic acids is 1.